The first-order valence-electron chi connectivity index (χ1n) is 5.54. The van der Waals surface area contributed by atoms with Gasteiger partial charge in [0.25, 0.3) is 0 Å². The van der Waals surface area contributed by atoms with Gasteiger partial charge in [0.15, 0.2) is 0 Å². The van der Waals surface area contributed by atoms with Crippen molar-refractivity contribution in [3.63, 3.8) is 0 Å². The van der Waals surface area contributed by atoms with Crippen molar-refractivity contribution in [2.45, 2.75) is 32.1 Å². The molecule has 0 aliphatic carbocycles. The molecule has 86 valence electrons. The van der Waals surface area contributed by atoms with Crippen LogP contribution in [-0.2, 0) is 6.42 Å². The van der Waals surface area contributed by atoms with E-state index < -0.39 is 0 Å². The monoisotopic (exact) mass is 245 g/mol. The zero-order valence-corrected chi connectivity index (χ0v) is 11.1. The Balaban J connectivity index is 2.01. The molecule has 0 aliphatic rings. The van der Waals surface area contributed by atoms with Crippen molar-refractivity contribution in [2.75, 3.05) is 13.1 Å². The van der Waals surface area contributed by atoms with Crippen molar-refractivity contribution >= 4 is 22.9 Å². The minimum absolute atomic E-state index is 0.271. The average Bonchev–Trinajstić information content (AvgIpc) is 2.63. The van der Waals surface area contributed by atoms with Crippen LogP contribution in [0.15, 0.2) is 16.8 Å². The van der Waals surface area contributed by atoms with E-state index in [0.717, 1.165) is 25.9 Å². The van der Waals surface area contributed by atoms with Crippen LogP contribution in [0.3, 0.4) is 0 Å². The molecule has 3 heteroatoms. The lowest BCUT2D eigenvalue weighted by Gasteiger charge is -2.12. The Hall–Kier alpha value is -0.0500. The lowest BCUT2D eigenvalue weighted by Crippen LogP contribution is -2.26. The summed E-state index contributed by atoms with van der Waals surface area (Å²) in [5, 5.41) is 8.00. The highest BCUT2D eigenvalue weighted by Gasteiger charge is 2.06. The summed E-state index contributed by atoms with van der Waals surface area (Å²) in [5.74, 6) is 0.686. The quantitative estimate of drug-likeness (QED) is 0.573. The molecule has 0 radical (unpaired) electrons. The minimum atomic E-state index is 0.271. The van der Waals surface area contributed by atoms with Gasteiger partial charge in [0.05, 0.1) is 0 Å². The van der Waals surface area contributed by atoms with Crippen LogP contribution < -0.4 is 5.32 Å². The van der Waals surface area contributed by atoms with Gasteiger partial charge >= 0.3 is 0 Å². The molecule has 1 unspecified atom stereocenters. The van der Waals surface area contributed by atoms with Gasteiger partial charge in [-0.15, -0.1) is 11.6 Å². The summed E-state index contributed by atoms with van der Waals surface area (Å²) in [6.07, 6.45) is 2.20. The summed E-state index contributed by atoms with van der Waals surface area (Å²) < 4.78 is 0. The van der Waals surface area contributed by atoms with Gasteiger partial charge in [0, 0.05) is 11.9 Å². The molecule has 1 heterocycles. The third kappa shape index (κ3) is 6.18. The van der Waals surface area contributed by atoms with Gasteiger partial charge in [-0.3, -0.25) is 0 Å². The molecule has 0 aromatic carbocycles. The van der Waals surface area contributed by atoms with E-state index in [1.807, 2.05) is 0 Å². The summed E-state index contributed by atoms with van der Waals surface area (Å²) in [6, 6.07) is 2.18. The normalized spacial score (nSPS) is 13.3. The fraction of sp³-hybridized carbons (Fsp3) is 0.667. The molecule has 0 bridgehead atoms. The van der Waals surface area contributed by atoms with E-state index in [-0.39, 0.29) is 5.38 Å². The van der Waals surface area contributed by atoms with E-state index in [1.54, 1.807) is 11.3 Å². The second-order valence-electron chi connectivity index (χ2n) is 4.31. The highest BCUT2D eigenvalue weighted by atomic mass is 35.5. The van der Waals surface area contributed by atoms with Gasteiger partial charge in [-0.25, -0.2) is 0 Å². The molecule has 1 N–H and O–H groups in total. The zero-order chi connectivity index (χ0) is 11.1. The van der Waals surface area contributed by atoms with Gasteiger partial charge in [-0.05, 0) is 47.7 Å². The molecule has 0 spiro atoms. The van der Waals surface area contributed by atoms with E-state index in [1.165, 1.54) is 5.56 Å². The first-order valence-corrected chi connectivity index (χ1v) is 6.92. The number of hydrogen-bond donors (Lipinski definition) is 1. The summed E-state index contributed by atoms with van der Waals surface area (Å²) in [7, 11) is 0. The molecule has 0 saturated heterocycles. The van der Waals surface area contributed by atoms with Crippen LogP contribution in [0.2, 0.25) is 0 Å². The predicted octanol–water partition coefficient (Wildman–Crippen LogP) is 3.53. The molecule has 0 saturated carbocycles. The van der Waals surface area contributed by atoms with Crippen molar-refractivity contribution < 1.29 is 0 Å². The van der Waals surface area contributed by atoms with Crippen LogP contribution in [0.4, 0.5) is 0 Å². The van der Waals surface area contributed by atoms with Crippen LogP contribution in [-0.4, -0.2) is 18.5 Å². The molecule has 1 aromatic rings. The summed E-state index contributed by atoms with van der Waals surface area (Å²) in [6.45, 7) is 6.36. The molecular formula is C12H20ClNS. The van der Waals surface area contributed by atoms with E-state index in [0.29, 0.717) is 5.92 Å². The second kappa shape index (κ2) is 7.26. The van der Waals surface area contributed by atoms with Gasteiger partial charge < -0.3 is 5.32 Å². The zero-order valence-electron chi connectivity index (χ0n) is 9.50. The van der Waals surface area contributed by atoms with Gasteiger partial charge in [0.2, 0.25) is 0 Å². The predicted molar refractivity (Wildman–Crippen MR) is 70.0 cm³/mol. The van der Waals surface area contributed by atoms with Crippen LogP contribution >= 0.6 is 22.9 Å². The molecular weight excluding hydrogens is 226 g/mol. The standard InChI is InChI=1S/C12H20ClNS/c1-10(2)7-12(13)8-14-5-3-11-4-6-15-9-11/h4,6,9-10,12,14H,3,5,7-8H2,1-2H3. The first kappa shape index (κ1) is 13.0. The smallest absolute Gasteiger partial charge is 0.0463 e. The number of nitrogens with one attached hydrogen (secondary N) is 1. The Labute approximate surface area is 102 Å². The summed E-state index contributed by atoms with van der Waals surface area (Å²) >= 11 is 7.93. The van der Waals surface area contributed by atoms with E-state index >= 15 is 0 Å². The minimum Gasteiger partial charge on any atom is -0.315 e. The Bertz CT molecular complexity index is 246. The maximum Gasteiger partial charge on any atom is 0.0463 e. The largest absolute Gasteiger partial charge is 0.315 e. The highest BCUT2D eigenvalue weighted by Crippen LogP contribution is 2.09. The van der Waals surface area contributed by atoms with Gasteiger partial charge in [0.1, 0.15) is 0 Å². The molecule has 0 aliphatic heterocycles. The lowest BCUT2D eigenvalue weighted by molar-refractivity contribution is 0.535. The second-order valence-corrected chi connectivity index (χ2v) is 5.71. The number of halogens is 1. The number of thiophene rings is 1. The molecule has 1 aromatic heterocycles. The number of rotatable bonds is 7. The molecule has 0 fully saturated rings. The average molecular weight is 246 g/mol. The van der Waals surface area contributed by atoms with Crippen molar-refractivity contribution in [1.29, 1.82) is 0 Å². The topological polar surface area (TPSA) is 12.0 Å². The Morgan fingerprint density at radius 2 is 2.27 bits per heavy atom. The van der Waals surface area contributed by atoms with Crippen molar-refractivity contribution in [1.82, 2.24) is 5.32 Å². The van der Waals surface area contributed by atoms with E-state index in [2.05, 4.69) is 36.0 Å². The van der Waals surface area contributed by atoms with Crippen molar-refractivity contribution in [2.24, 2.45) is 5.92 Å². The lowest BCUT2D eigenvalue weighted by atomic mass is 10.1. The number of alkyl halides is 1. The summed E-state index contributed by atoms with van der Waals surface area (Å²) in [4.78, 5) is 0. The summed E-state index contributed by atoms with van der Waals surface area (Å²) in [5.41, 5.74) is 1.42. The van der Waals surface area contributed by atoms with Crippen LogP contribution in [0.1, 0.15) is 25.8 Å². The molecule has 1 nitrogen and oxygen atoms in total. The van der Waals surface area contributed by atoms with Crippen LogP contribution in [0, 0.1) is 5.92 Å². The number of hydrogen-bond acceptors (Lipinski definition) is 2. The van der Waals surface area contributed by atoms with Crippen molar-refractivity contribution in [3.8, 4) is 0 Å². The van der Waals surface area contributed by atoms with Gasteiger partial charge in [-0.2, -0.15) is 11.3 Å². The maximum atomic E-state index is 6.18. The molecule has 1 rings (SSSR count). The Morgan fingerprint density at radius 1 is 1.47 bits per heavy atom. The van der Waals surface area contributed by atoms with Crippen LogP contribution in [0.5, 0.6) is 0 Å². The first-order chi connectivity index (χ1) is 7.18. The fourth-order valence-electron chi connectivity index (χ4n) is 1.52. The Morgan fingerprint density at radius 3 is 2.87 bits per heavy atom. The molecule has 15 heavy (non-hydrogen) atoms. The Kier molecular flexibility index (Phi) is 6.30. The third-order valence-electron chi connectivity index (χ3n) is 2.26. The van der Waals surface area contributed by atoms with E-state index in [9.17, 15) is 0 Å². The molecule has 0 amide bonds. The maximum absolute atomic E-state index is 6.18. The van der Waals surface area contributed by atoms with Crippen LogP contribution in [0.25, 0.3) is 0 Å². The highest BCUT2D eigenvalue weighted by molar-refractivity contribution is 7.07. The van der Waals surface area contributed by atoms with E-state index in [4.69, 9.17) is 11.6 Å². The van der Waals surface area contributed by atoms with Gasteiger partial charge in [-0.1, -0.05) is 13.8 Å². The molecule has 1 atom stereocenters. The fourth-order valence-corrected chi connectivity index (χ4v) is 2.69. The third-order valence-corrected chi connectivity index (χ3v) is 3.33. The SMILES string of the molecule is CC(C)CC(Cl)CNCCc1ccsc1. The van der Waals surface area contributed by atoms with Crippen molar-refractivity contribution in [3.05, 3.63) is 22.4 Å².